The molecule has 2 nitrogen and oxygen atoms in total. The standard InChI is InChI=1S/C11H11NO/c1-2-13-9-5-3-8(4-6-9)10-7-11(10)12/h1,3-6,10-11H,7,12H2. The summed E-state index contributed by atoms with van der Waals surface area (Å²) < 4.78 is 4.88. The lowest BCUT2D eigenvalue weighted by atomic mass is 10.1. The smallest absolute Gasteiger partial charge is 0.140 e. The van der Waals surface area contributed by atoms with E-state index < -0.39 is 0 Å². The predicted octanol–water partition coefficient (Wildman–Crippen LogP) is 1.47. The first-order valence-electron chi connectivity index (χ1n) is 4.29. The van der Waals surface area contributed by atoms with Crippen molar-refractivity contribution in [3.05, 3.63) is 29.8 Å². The normalized spacial score (nSPS) is 24.9. The third-order valence-electron chi connectivity index (χ3n) is 2.32. The summed E-state index contributed by atoms with van der Waals surface area (Å²) >= 11 is 0. The SMILES string of the molecule is C#COc1ccc(C2CC2N)cc1. The molecule has 1 aliphatic carbocycles. The van der Waals surface area contributed by atoms with Crippen LogP contribution in [0.1, 0.15) is 17.9 Å². The van der Waals surface area contributed by atoms with Gasteiger partial charge in [-0.05, 0) is 24.1 Å². The Labute approximate surface area is 77.7 Å². The van der Waals surface area contributed by atoms with Crippen LogP contribution in [-0.4, -0.2) is 6.04 Å². The third kappa shape index (κ3) is 1.66. The minimum atomic E-state index is 0.347. The van der Waals surface area contributed by atoms with Crippen molar-refractivity contribution in [2.45, 2.75) is 18.4 Å². The molecule has 1 aliphatic rings. The van der Waals surface area contributed by atoms with Gasteiger partial charge in [-0.1, -0.05) is 18.6 Å². The van der Waals surface area contributed by atoms with E-state index in [1.165, 1.54) is 5.56 Å². The maximum atomic E-state index is 5.73. The minimum Gasteiger partial charge on any atom is -0.408 e. The van der Waals surface area contributed by atoms with Gasteiger partial charge in [0.25, 0.3) is 0 Å². The number of hydrogen-bond acceptors (Lipinski definition) is 2. The van der Waals surface area contributed by atoms with Crippen molar-refractivity contribution in [3.8, 4) is 18.3 Å². The summed E-state index contributed by atoms with van der Waals surface area (Å²) in [6, 6.07) is 8.13. The number of nitrogens with two attached hydrogens (primary N) is 1. The van der Waals surface area contributed by atoms with E-state index in [0.29, 0.717) is 17.7 Å². The summed E-state index contributed by atoms with van der Waals surface area (Å²) in [6.45, 7) is 0. The number of ether oxygens (including phenoxy) is 1. The lowest BCUT2D eigenvalue weighted by molar-refractivity contribution is 0.520. The number of terminal acetylenes is 1. The first kappa shape index (κ1) is 8.15. The first-order valence-corrected chi connectivity index (χ1v) is 4.29. The Morgan fingerprint density at radius 1 is 1.38 bits per heavy atom. The monoisotopic (exact) mass is 173 g/mol. The second kappa shape index (κ2) is 3.12. The first-order chi connectivity index (χ1) is 6.31. The maximum Gasteiger partial charge on any atom is 0.140 e. The zero-order chi connectivity index (χ0) is 9.26. The molecule has 66 valence electrons. The number of benzene rings is 1. The molecule has 1 fully saturated rings. The molecule has 0 aliphatic heterocycles. The maximum absolute atomic E-state index is 5.73. The molecule has 2 atom stereocenters. The minimum absolute atomic E-state index is 0.347. The Balaban J connectivity index is 2.11. The van der Waals surface area contributed by atoms with E-state index in [4.69, 9.17) is 16.9 Å². The van der Waals surface area contributed by atoms with Crippen LogP contribution in [0, 0.1) is 12.5 Å². The molecular formula is C11H11NO. The Hall–Kier alpha value is -1.46. The summed E-state index contributed by atoms with van der Waals surface area (Å²) in [6.07, 6.45) is 8.23. The summed E-state index contributed by atoms with van der Waals surface area (Å²) in [4.78, 5) is 0. The lowest BCUT2D eigenvalue weighted by Crippen LogP contribution is -2.00. The van der Waals surface area contributed by atoms with Crippen LogP contribution in [0.3, 0.4) is 0 Å². The third-order valence-corrected chi connectivity index (χ3v) is 2.32. The molecule has 13 heavy (non-hydrogen) atoms. The highest BCUT2D eigenvalue weighted by Crippen LogP contribution is 2.39. The van der Waals surface area contributed by atoms with Gasteiger partial charge >= 0.3 is 0 Å². The van der Waals surface area contributed by atoms with Crippen molar-refractivity contribution < 1.29 is 4.74 Å². The van der Waals surface area contributed by atoms with Crippen molar-refractivity contribution >= 4 is 0 Å². The molecule has 2 unspecified atom stereocenters. The lowest BCUT2D eigenvalue weighted by Gasteiger charge is -2.00. The summed E-state index contributed by atoms with van der Waals surface area (Å²) in [7, 11) is 0. The molecule has 0 heterocycles. The number of hydrogen-bond donors (Lipinski definition) is 1. The van der Waals surface area contributed by atoms with Crippen LogP contribution in [-0.2, 0) is 0 Å². The van der Waals surface area contributed by atoms with Gasteiger partial charge < -0.3 is 10.5 Å². The average Bonchev–Trinajstić information content (AvgIpc) is 2.85. The quantitative estimate of drug-likeness (QED) is 0.687. The van der Waals surface area contributed by atoms with E-state index in [9.17, 15) is 0 Å². The van der Waals surface area contributed by atoms with Gasteiger partial charge in [0.2, 0.25) is 0 Å². The molecule has 0 amide bonds. The fourth-order valence-corrected chi connectivity index (χ4v) is 1.45. The van der Waals surface area contributed by atoms with Crippen LogP contribution in [0.4, 0.5) is 0 Å². The molecule has 2 N–H and O–H groups in total. The molecule has 0 radical (unpaired) electrons. The van der Waals surface area contributed by atoms with E-state index in [0.717, 1.165) is 6.42 Å². The van der Waals surface area contributed by atoms with Crippen LogP contribution in [0.2, 0.25) is 0 Å². The Morgan fingerprint density at radius 2 is 2.00 bits per heavy atom. The predicted molar refractivity (Wildman–Crippen MR) is 51.2 cm³/mol. The molecular weight excluding hydrogens is 162 g/mol. The topological polar surface area (TPSA) is 35.2 Å². The van der Waals surface area contributed by atoms with E-state index in [-0.39, 0.29) is 0 Å². The molecule has 0 aromatic heterocycles. The fourth-order valence-electron chi connectivity index (χ4n) is 1.45. The van der Waals surface area contributed by atoms with Crippen molar-refractivity contribution in [1.82, 2.24) is 0 Å². The zero-order valence-corrected chi connectivity index (χ0v) is 7.23. The van der Waals surface area contributed by atoms with E-state index in [2.05, 4.69) is 6.11 Å². The van der Waals surface area contributed by atoms with Crippen molar-refractivity contribution in [2.24, 2.45) is 5.73 Å². The molecule has 1 aromatic carbocycles. The Morgan fingerprint density at radius 3 is 2.46 bits per heavy atom. The molecule has 2 rings (SSSR count). The highest BCUT2D eigenvalue weighted by Gasteiger charge is 2.34. The van der Waals surface area contributed by atoms with Crippen LogP contribution >= 0.6 is 0 Å². The highest BCUT2D eigenvalue weighted by atomic mass is 16.5. The van der Waals surface area contributed by atoms with Gasteiger partial charge in [-0.3, -0.25) is 0 Å². The van der Waals surface area contributed by atoms with E-state index in [1.807, 2.05) is 24.3 Å². The van der Waals surface area contributed by atoms with Crippen LogP contribution in [0.25, 0.3) is 0 Å². The largest absolute Gasteiger partial charge is 0.408 e. The molecule has 1 aromatic rings. The number of rotatable bonds is 2. The van der Waals surface area contributed by atoms with Crippen LogP contribution in [0.5, 0.6) is 5.75 Å². The van der Waals surface area contributed by atoms with Gasteiger partial charge in [0.1, 0.15) is 11.9 Å². The molecule has 2 heteroatoms. The van der Waals surface area contributed by atoms with Crippen LogP contribution < -0.4 is 10.5 Å². The fraction of sp³-hybridized carbons (Fsp3) is 0.273. The van der Waals surface area contributed by atoms with Gasteiger partial charge in [0.15, 0.2) is 0 Å². The zero-order valence-electron chi connectivity index (χ0n) is 7.23. The van der Waals surface area contributed by atoms with E-state index in [1.54, 1.807) is 0 Å². The molecule has 0 saturated heterocycles. The van der Waals surface area contributed by atoms with Gasteiger partial charge in [0.05, 0.1) is 0 Å². The molecule has 1 saturated carbocycles. The van der Waals surface area contributed by atoms with Crippen LogP contribution in [0.15, 0.2) is 24.3 Å². The van der Waals surface area contributed by atoms with Crippen molar-refractivity contribution in [1.29, 1.82) is 0 Å². The van der Waals surface area contributed by atoms with Gasteiger partial charge in [-0.2, -0.15) is 0 Å². The van der Waals surface area contributed by atoms with Gasteiger partial charge in [-0.25, -0.2) is 0 Å². The summed E-state index contributed by atoms with van der Waals surface area (Å²) in [5.41, 5.74) is 7.01. The molecule has 0 bridgehead atoms. The van der Waals surface area contributed by atoms with E-state index >= 15 is 0 Å². The van der Waals surface area contributed by atoms with Gasteiger partial charge in [0, 0.05) is 12.0 Å². The molecule has 0 spiro atoms. The Kier molecular flexibility index (Phi) is 1.96. The highest BCUT2D eigenvalue weighted by molar-refractivity contribution is 5.34. The summed E-state index contributed by atoms with van der Waals surface area (Å²) in [5, 5.41) is 0. The van der Waals surface area contributed by atoms with Crippen molar-refractivity contribution in [2.75, 3.05) is 0 Å². The Bertz CT molecular complexity index is 336. The average molecular weight is 173 g/mol. The van der Waals surface area contributed by atoms with Crippen molar-refractivity contribution in [3.63, 3.8) is 0 Å². The second-order valence-electron chi connectivity index (χ2n) is 3.29. The van der Waals surface area contributed by atoms with Gasteiger partial charge in [-0.15, -0.1) is 0 Å². The second-order valence-corrected chi connectivity index (χ2v) is 3.29. The summed E-state index contributed by atoms with van der Waals surface area (Å²) in [5.74, 6) is 1.25.